The van der Waals surface area contributed by atoms with Gasteiger partial charge in [-0.25, -0.2) is 14.2 Å². The summed E-state index contributed by atoms with van der Waals surface area (Å²) in [5.41, 5.74) is 10.0. The molecule has 4 heterocycles. The lowest BCUT2D eigenvalue weighted by atomic mass is 9.81. The fraction of sp³-hybridized carbons (Fsp3) is 0.400. The van der Waals surface area contributed by atoms with E-state index in [4.69, 9.17) is 9.47 Å². The van der Waals surface area contributed by atoms with Gasteiger partial charge in [-0.05, 0) is 133 Å². The van der Waals surface area contributed by atoms with Crippen molar-refractivity contribution < 1.29 is 60.8 Å². The number of ether oxygens (including phenoxy) is 2. The Kier molecular flexibility index (Phi) is 17.8. The maximum atomic E-state index is 13.9. The summed E-state index contributed by atoms with van der Waals surface area (Å²) in [6, 6.07) is 21.9. The van der Waals surface area contributed by atoms with E-state index in [1.54, 1.807) is 44.6 Å². The standard InChI is InChI=1S/C32H40N4O7S.C28H31N3O6S/c1-34(2)44(41,42)33-31(39)22-9-11-27-28(19-22)36-20-24(32(40)35(13-15-37)14-16-38)17-23-18-25(43-3)10-12-26(23)30(36)29(27)21-7-5-4-6-8-21;1-30(2)38(35,36)29-27(32)18-9-11-23-24(15-18)31-16-20(28(33)34)13-19-14-21(37-3)10-12-22(19)26(31)25(23)17-7-5-4-6-8-17/h9-12,17-19,21,37-38H,4-8,13-16,20H2,1-3H3,(H,33,39);9-15,17H,4-8,16H2,1-3H3,(H,29,32)(H,33,34). The Morgan fingerprint density at radius 2 is 0.976 bits per heavy atom. The van der Waals surface area contributed by atoms with E-state index in [-0.39, 0.29) is 73.8 Å². The highest BCUT2D eigenvalue weighted by molar-refractivity contribution is 7.88. The molecule has 2 aliphatic heterocycles. The van der Waals surface area contributed by atoms with Gasteiger partial charge in [-0.2, -0.15) is 25.4 Å². The fourth-order valence-electron chi connectivity index (χ4n) is 11.9. The zero-order chi connectivity index (χ0) is 58.8. The Balaban J connectivity index is 0.000000200. The van der Waals surface area contributed by atoms with Gasteiger partial charge in [0.1, 0.15) is 11.5 Å². The number of amides is 3. The largest absolute Gasteiger partial charge is 0.497 e. The number of methoxy groups -OCH3 is 2. The second-order valence-corrected chi connectivity index (χ2v) is 25.3. The van der Waals surface area contributed by atoms with E-state index in [0.29, 0.717) is 28.1 Å². The average molecular weight is 1160 g/mol. The molecule has 2 aliphatic carbocycles. The molecule has 0 radical (unpaired) electrons. The summed E-state index contributed by atoms with van der Waals surface area (Å²) in [6.07, 6.45) is 14.4. The molecule has 5 N–H and O–H groups in total. The van der Waals surface area contributed by atoms with Crippen molar-refractivity contribution in [1.82, 2.24) is 32.1 Å². The molecule has 22 heteroatoms. The number of hydrogen-bond acceptors (Lipinski definition) is 12. The topological polar surface area (TPSA) is 259 Å². The third kappa shape index (κ3) is 12.0. The number of carboxylic acids is 1. The molecule has 10 rings (SSSR count). The van der Waals surface area contributed by atoms with E-state index < -0.39 is 38.2 Å². The number of nitrogens with zero attached hydrogens (tertiary/aromatic N) is 5. The van der Waals surface area contributed by atoms with E-state index in [1.807, 2.05) is 59.2 Å². The van der Waals surface area contributed by atoms with Crippen molar-refractivity contribution in [2.75, 3.05) is 68.7 Å². The first-order valence-electron chi connectivity index (χ1n) is 27.5. The minimum atomic E-state index is -4.01. The number of benzene rings is 4. The molecule has 4 aromatic carbocycles. The van der Waals surface area contributed by atoms with Crippen LogP contribution in [0.5, 0.6) is 11.5 Å². The number of carbonyl (C=O) groups excluding carboxylic acids is 3. The third-order valence-corrected chi connectivity index (χ3v) is 18.9. The molecule has 2 saturated carbocycles. The Bertz CT molecular complexity index is 3770. The second kappa shape index (κ2) is 24.6. The van der Waals surface area contributed by atoms with Crippen LogP contribution < -0.4 is 18.9 Å². The molecule has 0 atom stereocenters. The van der Waals surface area contributed by atoms with Gasteiger partial charge in [-0.3, -0.25) is 14.4 Å². The summed E-state index contributed by atoms with van der Waals surface area (Å²) in [5, 5.41) is 31.2. The van der Waals surface area contributed by atoms with Crippen molar-refractivity contribution in [3.8, 4) is 34.0 Å². The number of aliphatic hydroxyl groups is 2. The van der Waals surface area contributed by atoms with Crippen LogP contribution in [0.2, 0.25) is 0 Å². The Labute approximate surface area is 478 Å². The minimum absolute atomic E-state index is 0.0684. The molecule has 82 heavy (non-hydrogen) atoms. The molecule has 20 nitrogen and oxygen atoms in total. The highest BCUT2D eigenvalue weighted by atomic mass is 32.2. The van der Waals surface area contributed by atoms with E-state index in [9.17, 15) is 51.3 Å². The Morgan fingerprint density at radius 1 is 0.573 bits per heavy atom. The minimum Gasteiger partial charge on any atom is -0.497 e. The molecule has 6 aromatic rings. The number of aliphatic carboxylic acids is 1. The summed E-state index contributed by atoms with van der Waals surface area (Å²) in [4.78, 5) is 53.7. The van der Waals surface area contributed by atoms with Crippen LogP contribution in [0.25, 0.3) is 56.5 Å². The van der Waals surface area contributed by atoms with E-state index in [2.05, 4.69) is 14.0 Å². The highest BCUT2D eigenvalue weighted by Gasteiger charge is 2.34. The van der Waals surface area contributed by atoms with Crippen LogP contribution in [0, 0.1) is 0 Å². The van der Waals surface area contributed by atoms with Gasteiger partial charge in [-0.1, -0.05) is 50.7 Å². The van der Waals surface area contributed by atoms with Crippen molar-refractivity contribution >= 4 is 78.1 Å². The number of rotatable bonds is 16. The van der Waals surface area contributed by atoms with Crippen LogP contribution in [-0.4, -0.2) is 147 Å². The Hall–Kier alpha value is -7.34. The number of aromatic nitrogens is 2. The molecule has 3 amide bonds. The van der Waals surface area contributed by atoms with E-state index in [0.717, 1.165) is 116 Å². The number of aliphatic hydroxyl groups excluding tert-OH is 2. The molecule has 2 aromatic heterocycles. The van der Waals surface area contributed by atoms with Crippen LogP contribution in [-0.2, 0) is 43.1 Å². The molecule has 0 saturated heterocycles. The summed E-state index contributed by atoms with van der Waals surface area (Å²) in [7, 11) is 0.559. The van der Waals surface area contributed by atoms with Crippen LogP contribution in [0.4, 0.5) is 0 Å². The van der Waals surface area contributed by atoms with Crippen LogP contribution in [0.15, 0.2) is 83.9 Å². The normalized spacial score (nSPS) is 15.6. The molecule has 0 spiro atoms. The van der Waals surface area contributed by atoms with Gasteiger partial charge in [0.2, 0.25) is 0 Å². The van der Waals surface area contributed by atoms with Gasteiger partial charge in [0.15, 0.2) is 0 Å². The molecule has 436 valence electrons. The van der Waals surface area contributed by atoms with Gasteiger partial charge in [-0.15, -0.1) is 0 Å². The smallest absolute Gasteiger partial charge is 0.333 e. The zero-order valence-electron chi connectivity index (χ0n) is 47.0. The van der Waals surface area contributed by atoms with Gasteiger partial charge in [0.25, 0.3) is 17.7 Å². The summed E-state index contributed by atoms with van der Waals surface area (Å²) in [5.74, 6) is -1.02. The molecule has 2 fully saturated rings. The first-order valence-corrected chi connectivity index (χ1v) is 30.4. The zero-order valence-corrected chi connectivity index (χ0v) is 48.7. The molecule has 4 aliphatic rings. The first kappa shape index (κ1) is 59.3. The van der Waals surface area contributed by atoms with Crippen LogP contribution in [0.1, 0.15) is 119 Å². The summed E-state index contributed by atoms with van der Waals surface area (Å²) < 4.78 is 70.5. The van der Waals surface area contributed by atoms with Crippen LogP contribution in [0.3, 0.4) is 0 Å². The lowest BCUT2D eigenvalue weighted by molar-refractivity contribution is -0.132. The Morgan fingerprint density at radius 3 is 1.35 bits per heavy atom. The predicted molar refractivity (Wildman–Crippen MR) is 314 cm³/mol. The summed E-state index contributed by atoms with van der Waals surface area (Å²) in [6.45, 7) is -0.0880. The lowest BCUT2D eigenvalue weighted by Crippen LogP contribution is -2.39. The van der Waals surface area contributed by atoms with Crippen molar-refractivity contribution in [3.63, 3.8) is 0 Å². The van der Waals surface area contributed by atoms with Gasteiger partial charge in [0.05, 0.1) is 57.5 Å². The molecular weight excluding hydrogens is 1090 g/mol. The highest BCUT2D eigenvalue weighted by Crippen LogP contribution is 2.49. The maximum Gasteiger partial charge on any atom is 0.333 e. The van der Waals surface area contributed by atoms with Crippen molar-refractivity contribution in [2.45, 2.75) is 89.1 Å². The first-order chi connectivity index (χ1) is 39.2. The third-order valence-electron chi connectivity index (χ3n) is 16.1. The number of carboxylic acid groups (broad SMARTS) is 1. The monoisotopic (exact) mass is 1160 g/mol. The van der Waals surface area contributed by atoms with Gasteiger partial charge in [0, 0.05) is 90.9 Å². The molecule has 0 bridgehead atoms. The van der Waals surface area contributed by atoms with Crippen molar-refractivity contribution in [1.29, 1.82) is 0 Å². The quantitative estimate of drug-likeness (QED) is 0.0630. The maximum absolute atomic E-state index is 13.9. The lowest BCUT2D eigenvalue weighted by Gasteiger charge is -2.24. The van der Waals surface area contributed by atoms with E-state index >= 15 is 0 Å². The molecule has 0 unspecified atom stereocenters. The van der Waals surface area contributed by atoms with Crippen molar-refractivity contribution in [2.24, 2.45) is 0 Å². The fourth-order valence-corrected chi connectivity index (χ4v) is 13.0. The predicted octanol–water partition coefficient (Wildman–Crippen LogP) is 7.49. The number of nitrogens with one attached hydrogen (secondary N) is 2. The number of hydrogen-bond donors (Lipinski definition) is 5. The van der Waals surface area contributed by atoms with Crippen LogP contribution >= 0.6 is 0 Å². The molecular formula is C60H71N7O13S2. The number of fused-ring (bicyclic) bond motifs is 10. The van der Waals surface area contributed by atoms with Gasteiger partial charge >= 0.3 is 26.4 Å². The summed E-state index contributed by atoms with van der Waals surface area (Å²) >= 11 is 0. The van der Waals surface area contributed by atoms with Gasteiger partial charge < -0.3 is 38.8 Å². The second-order valence-electron chi connectivity index (χ2n) is 21.6. The van der Waals surface area contributed by atoms with E-state index in [1.165, 1.54) is 45.9 Å². The van der Waals surface area contributed by atoms with Crippen molar-refractivity contribution in [3.05, 3.63) is 117 Å². The number of carbonyl (C=O) groups is 4. The SMILES string of the molecule is COc1ccc2c(c1)C=C(C(=O)N(CCO)CCO)Cn1c-2c(C2CCCCC2)c2ccc(C(=O)NS(=O)(=O)N(C)C)cc21.COc1ccc2c(c1)C=C(C(=O)O)Cn1c-2c(C2CCCCC2)c2ccc(C(=O)NS(=O)(=O)N(C)C)cc21. The average Bonchev–Trinajstić information content (AvgIpc) is 2.18.